The van der Waals surface area contributed by atoms with E-state index in [4.69, 9.17) is 5.41 Å². The summed E-state index contributed by atoms with van der Waals surface area (Å²) in [6.07, 6.45) is -0.132. The Labute approximate surface area is 259 Å². The number of nitrogens with one attached hydrogen (secondary N) is 3. The van der Waals surface area contributed by atoms with Gasteiger partial charge in [-0.15, -0.1) is 0 Å². The largest absolute Gasteiger partial charge is 0.435 e. The quantitative estimate of drug-likeness (QED) is 0.117. The minimum Gasteiger partial charge on any atom is -0.318 e. The van der Waals surface area contributed by atoms with Crippen LogP contribution in [0.3, 0.4) is 0 Å². The van der Waals surface area contributed by atoms with Crippen LogP contribution in [0.5, 0.6) is 0 Å². The van der Waals surface area contributed by atoms with Crippen molar-refractivity contribution in [2.24, 2.45) is 5.92 Å². The van der Waals surface area contributed by atoms with Gasteiger partial charge in [-0.2, -0.15) is 18.3 Å². The number of amides is 1. The van der Waals surface area contributed by atoms with E-state index in [0.717, 1.165) is 40.8 Å². The van der Waals surface area contributed by atoms with Gasteiger partial charge in [0.05, 0.1) is 23.1 Å². The maximum Gasteiger partial charge on any atom is 0.435 e. The Morgan fingerprint density at radius 3 is 2.44 bits per heavy atom. The van der Waals surface area contributed by atoms with Crippen molar-refractivity contribution >= 4 is 17.3 Å². The predicted molar refractivity (Wildman–Crippen MR) is 168 cm³/mol. The fourth-order valence-corrected chi connectivity index (χ4v) is 5.27. The van der Waals surface area contributed by atoms with Crippen LogP contribution in [-0.2, 0) is 6.18 Å². The molecule has 6 nitrogen and oxygen atoms in total. The first-order valence-corrected chi connectivity index (χ1v) is 14.9. The third-order valence-corrected chi connectivity index (χ3v) is 8.03. The number of hydrogen-bond donors (Lipinski definition) is 3. The average molecular weight is 618 g/mol. The molecule has 5 rings (SSSR count). The highest BCUT2D eigenvalue weighted by Gasteiger charge is 2.36. The zero-order valence-corrected chi connectivity index (χ0v) is 25.3. The predicted octanol–water partition coefficient (Wildman–Crippen LogP) is 8.40. The lowest BCUT2D eigenvalue weighted by atomic mass is 9.96. The highest BCUT2D eigenvalue weighted by Crippen LogP contribution is 2.33. The summed E-state index contributed by atoms with van der Waals surface area (Å²) in [5, 5.41) is 18.4. The van der Waals surface area contributed by atoms with Crippen LogP contribution in [0, 0.1) is 24.1 Å². The minimum atomic E-state index is -4.83. The van der Waals surface area contributed by atoms with Crippen molar-refractivity contribution in [1.82, 2.24) is 15.1 Å². The van der Waals surface area contributed by atoms with Gasteiger partial charge in [0.1, 0.15) is 11.5 Å². The van der Waals surface area contributed by atoms with E-state index in [1.165, 1.54) is 24.3 Å². The molecular weight excluding hydrogens is 582 g/mol. The summed E-state index contributed by atoms with van der Waals surface area (Å²) >= 11 is 0. The van der Waals surface area contributed by atoms with E-state index in [-0.39, 0.29) is 23.1 Å². The van der Waals surface area contributed by atoms with Crippen LogP contribution >= 0.6 is 0 Å². The van der Waals surface area contributed by atoms with Gasteiger partial charge in [0.15, 0.2) is 5.69 Å². The van der Waals surface area contributed by atoms with Crippen molar-refractivity contribution in [3.05, 3.63) is 124 Å². The second-order valence-corrected chi connectivity index (χ2v) is 11.3. The van der Waals surface area contributed by atoms with Gasteiger partial charge in [-0.25, -0.2) is 9.07 Å². The lowest BCUT2D eigenvalue weighted by molar-refractivity contribution is -0.141. The number of benzene rings is 3. The summed E-state index contributed by atoms with van der Waals surface area (Å²) < 4.78 is 57.5. The Bertz CT molecular complexity index is 1740. The number of aromatic nitrogens is 2. The van der Waals surface area contributed by atoms with Crippen molar-refractivity contribution in [3.63, 3.8) is 0 Å². The molecule has 1 unspecified atom stereocenters. The van der Waals surface area contributed by atoms with Crippen molar-refractivity contribution < 1.29 is 22.4 Å². The van der Waals surface area contributed by atoms with Gasteiger partial charge in [-0.1, -0.05) is 55.5 Å². The van der Waals surface area contributed by atoms with Crippen molar-refractivity contribution in [1.29, 1.82) is 5.41 Å². The molecule has 1 fully saturated rings. The van der Waals surface area contributed by atoms with Gasteiger partial charge in [0.25, 0.3) is 5.91 Å². The van der Waals surface area contributed by atoms with Crippen LogP contribution in [0.1, 0.15) is 77.6 Å². The van der Waals surface area contributed by atoms with E-state index in [9.17, 15) is 18.0 Å². The van der Waals surface area contributed by atoms with Crippen LogP contribution in [0.15, 0.2) is 84.4 Å². The molecule has 45 heavy (non-hydrogen) atoms. The molecule has 0 spiro atoms. The smallest absolute Gasteiger partial charge is 0.318 e. The van der Waals surface area contributed by atoms with E-state index >= 15 is 4.39 Å². The molecule has 3 aromatic carbocycles. The molecule has 1 aliphatic rings. The van der Waals surface area contributed by atoms with Crippen LogP contribution in [-0.4, -0.2) is 27.9 Å². The maximum atomic E-state index is 15.1. The summed E-state index contributed by atoms with van der Waals surface area (Å²) in [7, 11) is 0. The van der Waals surface area contributed by atoms with E-state index in [0.29, 0.717) is 29.5 Å². The standard InChI is InChI=1S/C35H35F4N5O/c1-4-23(5-2)32(40)27-18-26(15-11-21(27)3)44-30(19-31(43-44)35(37,38)39)34(45)42-29-17-25(14-16-28(29)36)33(41-20-22-12-13-22)24-9-7-6-8-10-24/h4,6-11,14-19,22,33,40-41H,5,12-13,20H2,1-3H3,(H,42,45). The number of aryl methyl sites for hydroxylation is 1. The Morgan fingerprint density at radius 1 is 1.07 bits per heavy atom. The summed E-state index contributed by atoms with van der Waals surface area (Å²) in [6, 6.07) is 19.1. The molecule has 4 aromatic rings. The molecule has 1 aromatic heterocycles. The van der Waals surface area contributed by atoms with Crippen molar-refractivity contribution in [2.75, 3.05) is 11.9 Å². The number of halogens is 4. The van der Waals surface area contributed by atoms with Gasteiger partial charge in [0, 0.05) is 11.6 Å². The molecule has 1 heterocycles. The second-order valence-electron chi connectivity index (χ2n) is 11.3. The molecule has 3 N–H and O–H groups in total. The number of anilines is 1. The number of rotatable bonds is 11. The molecule has 234 valence electrons. The van der Waals surface area contributed by atoms with Crippen LogP contribution in [0.25, 0.3) is 5.69 Å². The molecule has 1 amide bonds. The maximum absolute atomic E-state index is 15.1. The molecule has 0 bridgehead atoms. The van der Waals surface area contributed by atoms with Gasteiger partial charge < -0.3 is 10.6 Å². The third-order valence-electron chi connectivity index (χ3n) is 8.03. The van der Waals surface area contributed by atoms with Crippen molar-refractivity contribution in [3.8, 4) is 5.69 Å². The van der Waals surface area contributed by atoms with Crippen LogP contribution in [0.4, 0.5) is 23.2 Å². The Balaban J connectivity index is 1.51. The molecule has 1 saturated carbocycles. The first-order valence-electron chi connectivity index (χ1n) is 14.9. The number of nitrogens with zero attached hydrogens (tertiary/aromatic N) is 2. The number of hydrogen-bond acceptors (Lipinski definition) is 4. The molecule has 1 atom stereocenters. The molecule has 0 saturated heterocycles. The summed E-state index contributed by atoms with van der Waals surface area (Å²) in [6.45, 7) is 6.31. The average Bonchev–Trinajstić information content (AvgIpc) is 3.73. The van der Waals surface area contributed by atoms with E-state index in [2.05, 4.69) is 15.7 Å². The first-order chi connectivity index (χ1) is 21.5. The van der Waals surface area contributed by atoms with Crippen LogP contribution < -0.4 is 10.6 Å². The number of carbonyl (C=O) groups excluding carboxylic acids is 1. The summed E-state index contributed by atoms with van der Waals surface area (Å²) in [5.41, 5.74) is 2.19. The fraction of sp³-hybridized carbons (Fsp3) is 0.286. The molecule has 10 heteroatoms. The van der Waals surface area contributed by atoms with Gasteiger partial charge in [-0.3, -0.25) is 10.2 Å². The molecule has 1 aliphatic carbocycles. The van der Waals surface area contributed by atoms with E-state index < -0.39 is 29.3 Å². The number of alkyl halides is 3. The Morgan fingerprint density at radius 2 is 1.80 bits per heavy atom. The zero-order valence-electron chi connectivity index (χ0n) is 25.3. The second kappa shape index (κ2) is 13.2. The van der Waals surface area contributed by atoms with Crippen molar-refractivity contribution in [2.45, 2.75) is 52.3 Å². The summed E-state index contributed by atoms with van der Waals surface area (Å²) in [5.74, 6) is -1.11. The zero-order chi connectivity index (χ0) is 32.3. The lowest BCUT2D eigenvalue weighted by Gasteiger charge is -2.21. The summed E-state index contributed by atoms with van der Waals surface area (Å²) in [4.78, 5) is 13.6. The van der Waals surface area contributed by atoms with E-state index in [1.54, 1.807) is 19.1 Å². The van der Waals surface area contributed by atoms with Gasteiger partial charge in [-0.05, 0) is 92.1 Å². The molecule has 0 radical (unpaired) electrons. The fourth-order valence-electron chi connectivity index (χ4n) is 5.27. The monoisotopic (exact) mass is 617 g/mol. The Hall–Kier alpha value is -4.57. The molecule has 0 aliphatic heterocycles. The lowest BCUT2D eigenvalue weighted by Crippen LogP contribution is -2.25. The number of allylic oxidation sites excluding steroid dienone is 2. The van der Waals surface area contributed by atoms with Crippen LogP contribution in [0.2, 0.25) is 0 Å². The van der Waals surface area contributed by atoms with E-state index in [1.807, 2.05) is 50.3 Å². The number of carbonyl (C=O) groups is 1. The van der Waals surface area contributed by atoms with Gasteiger partial charge >= 0.3 is 6.18 Å². The van der Waals surface area contributed by atoms with Gasteiger partial charge in [0.2, 0.25) is 0 Å². The molecular formula is C35H35F4N5O. The highest BCUT2D eigenvalue weighted by molar-refractivity contribution is 6.11. The SMILES string of the molecule is CC=C(CC)C(=N)c1cc(-n2nc(C(F)(F)F)cc2C(=O)Nc2cc(C(NCC3CC3)c3ccccc3)ccc2F)ccc1C. The first kappa shape index (κ1) is 31.8. The third kappa shape index (κ3) is 7.23. The minimum absolute atomic E-state index is 0.162. The topological polar surface area (TPSA) is 82.8 Å². The highest BCUT2D eigenvalue weighted by atomic mass is 19.4. The Kier molecular flexibility index (Phi) is 9.34. The normalized spacial score (nSPS) is 14.3.